The van der Waals surface area contributed by atoms with E-state index in [2.05, 4.69) is 24.5 Å². The Morgan fingerprint density at radius 1 is 1.32 bits per heavy atom. The van der Waals surface area contributed by atoms with Crippen LogP contribution in [0.2, 0.25) is 5.02 Å². The minimum absolute atomic E-state index is 0.0869. The van der Waals surface area contributed by atoms with Crippen molar-refractivity contribution in [1.82, 2.24) is 10.6 Å². The van der Waals surface area contributed by atoms with Gasteiger partial charge in [-0.05, 0) is 55.5 Å². The van der Waals surface area contributed by atoms with E-state index in [-0.39, 0.29) is 17.2 Å². The van der Waals surface area contributed by atoms with Crippen LogP contribution < -0.4 is 10.6 Å². The molecular formula is C18H25ClN2O. The summed E-state index contributed by atoms with van der Waals surface area (Å²) < 4.78 is 0. The first-order chi connectivity index (χ1) is 10.4. The average Bonchev–Trinajstić information content (AvgIpc) is 3.19. The van der Waals surface area contributed by atoms with Crippen molar-refractivity contribution in [3.05, 3.63) is 34.9 Å². The summed E-state index contributed by atoms with van der Waals surface area (Å²) in [5, 5.41) is 7.30. The van der Waals surface area contributed by atoms with Crippen LogP contribution in [0.15, 0.2) is 24.3 Å². The third-order valence-electron chi connectivity index (χ3n) is 5.44. The summed E-state index contributed by atoms with van der Waals surface area (Å²) >= 11 is 5.95. The van der Waals surface area contributed by atoms with Crippen LogP contribution in [-0.2, 0) is 10.2 Å². The first kappa shape index (κ1) is 15.8. The van der Waals surface area contributed by atoms with Crippen molar-refractivity contribution in [3.8, 4) is 0 Å². The zero-order valence-electron chi connectivity index (χ0n) is 13.4. The number of hydrogen-bond acceptors (Lipinski definition) is 2. The largest absolute Gasteiger partial charge is 0.355 e. The number of rotatable bonds is 4. The maximum absolute atomic E-state index is 12.5. The van der Waals surface area contributed by atoms with Crippen molar-refractivity contribution in [1.29, 1.82) is 0 Å². The molecule has 1 saturated heterocycles. The average molecular weight is 321 g/mol. The molecule has 1 aromatic rings. The first-order valence-corrected chi connectivity index (χ1v) is 8.55. The van der Waals surface area contributed by atoms with E-state index in [0.29, 0.717) is 12.0 Å². The van der Waals surface area contributed by atoms with Gasteiger partial charge in [-0.15, -0.1) is 0 Å². The van der Waals surface area contributed by atoms with E-state index in [1.807, 2.05) is 24.3 Å². The Bertz CT molecular complexity index is 547. The highest BCUT2D eigenvalue weighted by Gasteiger charge is 2.57. The lowest BCUT2D eigenvalue weighted by Gasteiger charge is -2.27. The lowest BCUT2D eigenvalue weighted by Crippen LogP contribution is -2.39. The van der Waals surface area contributed by atoms with Gasteiger partial charge in [-0.2, -0.15) is 0 Å². The molecule has 4 heteroatoms. The fourth-order valence-corrected chi connectivity index (χ4v) is 3.76. The van der Waals surface area contributed by atoms with Crippen LogP contribution in [0.3, 0.4) is 0 Å². The van der Waals surface area contributed by atoms with E-state index < -0.39 is 0 Å². The molecule has 1 heterocycles. The van der Waals surface area contributed by atoms with Crippen molar-refractivity contribution in [2.24, 2.45) is 11.3 Å². The number of amides is 1. The molecule has 1 saturated carbocycles. The molecule has 0 radical (unpaired) electrons. The second-order valence-corrected chi connectivity index (χ2v) is 7.91. The monoisotopic (exact) mass is 320 g/mol. The van der Waals surface area contributed by atoms with E-state index in [1.165, 1.54) is 5.56 Å². The highest BCUT2D eigenvalue weighted by atomic mass is 35.5. The summed E-state index contributed by atoms with van der Waals surface area (Å²) in [5.74, 6) is 0.472. The van der Waals surface area contributed by atoms with E-state index in [9.17, 15) is 4.79 Å². The van der Waals surface area contributed by atoms with Crippen LogP contribution in [-0.4, -0.2) is 25.5 Å². The third-order valence-corrected chi connectivity index (χ3v) is 5.69. The molecule has 1 aliphatic carbocycles. The Labute approximate surface area is 137 Å². The Morgan fingerprint density at radius 2 is 1.95 bits per heavy atom. The molecule has 2 N–H and O–H groups in total. The molecule has 120 valence electrons. The lowest BCUT2D eigenvalue weighted by molar-refractivity contribution is -0.123. The van der Waals surface area contributed by atoms with Gasteiger partial charge in [-0.3, -0.25) is 4.79 Å². The number of hydrogen-bond donors (Lipinski definition) is 2. The minimum Gasteiger partial charge on any atom is -0.355 e. The number of benzene rings is 1. The Balaban J connectivity index is 1.55. The molecule has 1 atom stereocenters. The quantitative estimate of drug-likeness (QED) is 0.895. The van der Waals surface area contributed by atoms with Crippen LogP contribution in [0.1, 0.15) is 38.7 Å². The molecule has 1 amide bonds. The van der Waals surface area contributed by atoms with Crippen molar-refractivity contribution >= 4 is 17.5 Å². The molecule has 3 rings (SSSR count). The van der Waals surface area contributed by atoms with Gasteiger partial charge in [0.05, 0.1) is 0 Å². The molecule has 1 aromatic carbocycles. The van der Waals surface area contributed by atoms with Gasteiger partial charge in [0.25, 0.3) is 0 Å². The molecular weight excluding hydrogens is 296 g/mol. The molecule has 2 fully saturated rings. The van der Waals surface area contributed by atoms with E-state index in [1.54, 1.807) is 0 Å². The molecule has 0 bridgehead atoms. The Kier molecular flexibility index (Phi) is 4.21. The van der Waals surface area contributed by atoms with Crippen molar-refractivity contribution < 1.29 is 4.79 Å². The molecule has 1 unspecified atom stereocenters. The van der Waals surface area contributed by atoms with Crippen LogP contribution in [0.25, 0.3) is 0 Å². The molecule has 3 nitrogen and oxygen atoms in total. The van der Waals surface area contributed by atoms with E-state index >= 15 is 0 Å². The van der Waals surface area contributed by atoms with Gasteiger partial charge in [0.15, 0.2) is 0 Å². The summed E-state index contributed by atoms with van der Waals surface area (Å²) in [6.45, 7) is 7.09. The summed E-state index contributed by atoms with van der Waals surface area (Å²) in [6, 6.07) is 7.90. The highest BCUT2D eigenvalue weighted by Crippen LogP contribution is 2.58. The summed E-state index contributed by atoms with van der Waals surface area (Å²) in [5.41, 5.74) is 1.42. The molecule has 1 aliphatic heterocycles. The molecule has 2 aliphatic rings. The van der Waals surface area contributed by atoms with Gasteiger partial charge < -0.3 is 10.6 Å². The SMILES string of the molecule is CC(C)(CNC(=O)C1CC12CCNCC2)c1ccc(Cl)cc1. The van der Waals surface area contributed by atoms with Crippen LogP contribution in [0, 0.1) is 11.3 Å². The van der Waals surface area contributed by atoms with E-state index in [0.717, 1.165) is 37.4 Å². The topological polar surface area (TPSA) is 41.1 Å². The summed E-state index contributed by atoms with van der Waals surface area (Å²) in [6.07, 6.45) is 3.36. The van der Waals surface area contributed by atoms with Crippen molar-refractivity contribution in [3.63, 3.8) is 0 Å². The van der Waals surface area contributed by atoms with Gasteiger partial charge in [-0.1, -0.05) is 37.6 Å². The maximum atomic E-state index is 12.5. The predicted molar refractivity (Wildman–Crippen MR) is 90.1 cm³/mol. The number of carbonyl (C=O) groups excluding carboxylic acids is 1. The number of nitrogens with one attached hydrogen (secondary N) is 2. The van der Waals surface area contributed by atoms with E-state index in [4.69, 9.17) is 11.6 Å². The predicted octanol–water partition coefficient (Wildman–Crippen LogP) is 3.12. The maximum Gasteiger partial charge on any atom is 0.223 e. The third kappa shape index (κ3) is 3.16. The second-order valence-electron chi connectivity index (χ2n) is 7.48. The van der Waals surface area contributed by atoms with Crippen LogP contribution in [0.5, 0.6) is 0 Å². The lowest BCUT2D eigenvalue weighted by atomic mass is 9.84. The number of halogens is 1. The van der Waals surface area contributed by atoms with Gasteiger partial charge in [0, 0.05) is 22.9 Å². The van der Waals surface area contributed by atoms with Crippen LogP contribution >= 0.6 is 11.6 Å². The zero-order valence-corrected chi connectivity index (χ0v) is 14.2. The number of carbonyl (C=O) groups is 1. The van der Waals surface area contributed by atoms with Crippen LogP contribution in [0.4, 0.5) is 0 Å². The van der Waals surface area contributed by atoms with Gasteiger partial charge in [0.1, 0.15) is 0 Å². The standard InChI is InChI=1S/C18H25ClN2O/c1-17(2,13-3-5-14(19)6-4-13)12-21-16(22)15-11-18(15)7-9-20-10-8-18/h3-6,15,20H,7-12H2,1-2H3,(H,21,22). The highest BCUT2D eigenvalue weighted by molar-refractivity contribution is 6.30. The first-order valence-electron chi connectivity index (χ1n) is 8.17. The fourth-order valence-electron chi connectivity index (χ4n) is 3.63. The zero-order chi connectivity index (χ0) is 15.8. The summed E-state index contributed by atoms with van der Waals surface area (Å²) in [7, 11) is 0. The smallest absolute Gasteiger partial charge is 0.223 e. The number of piperidine rings is 1. The molecule has 1 spiro atoms. The Morgan fingerprint density at radius 3 is 2.59 bits per heavy atom. The summed E-state index contributed by atoms with van der Waals surface area (Å²) in [4.78, 5) is 12.5. The minimum atomic E-state index is -0.0869. The van der Waals surface area contributed by atoms with Gasteiger partial charge >= 0.3 is 0 Å². The van der Waals surface area contributed by atoms with Crippen molar-refractivity contribution in [2.75, 3.05) is 19.6 Å². The fraction of sp³-hybridized carbons (Fsp3) is 0.611. The second kappa shape index (κ2) is 5.86. The molecule has 0 aromatic heterocycles. The van der Waals surface area contributed by atoms with Gasteiger partial charge in [0.2, 0.25) is 5.91 Å². The normalized spacial score (nSPS) is 23.3. The van der Waals surface area contributed by atoms with Gasteiger partial charge in [-0.25, -0.2) is 0 Å². The Hall–Kier alpha value is -1.06. The van der Waals surface area contributed by atoms with Crippen molar-refractivity contribution in [2.45, 2.75) is 38.5 Å². The molecule has 22 heavy (non-hydrogen) atoms.